The number of hydrogen-bond donors (Lipinski definition) is 0. The van der Waals surface area contributed by atoms with Crippen LogP contribution in [0.2, 0.25) is 0 Å². The molecule has 4 nitrogen and oxygen atoms in total. The first kappa shape index (κ1) is 18.8. The van der Waals surface area contributed by atoms with Crippen molar-refractivity contribution >= 4 is 6.09 Å². The summed E-state index contributed by atoms with van der Waals surface area (Å²) in [6.45, 7) is 9.79. The number of carbonyl (C=O) groups excluding carboxylic acids is 1. The molecule has 0 aliphatic rings. The zero-order valence-corrected chi connectivity index (χ0v) is 13.2. The predicted molar refractivity (Wildman–Crippen MR) is 82.4 cm³/mol. The van der Waals surface area contributed by atoms with Crippen molar-refractivity contribution < 1.29 is 9.53 Å². The third-order valence-corrected chi connectivity index (χ3v) is 3.46. The number of unbranched alkanes of at least 4 members (excludes halogenated alkanes) is 9. The lowest BCUT2D eigenvalue weighted by Gasteiger charge is -2.14. The van der Waals surface area contributed by atoms with E-state index in [1.54, 1.807) is 0 Å². The van der Waals surface area contributed by atoms with E-state index in [2.05, 4.69) is 16.5 Å². The van der Waals surface area contributed by atoms with Crippen LogP contribution in [0.4, 0.5) is 4.79 Å². The molecule has 0 unspecified atom stereocenters. The van der Waals surface area contributed by atoms with Crippen LogP contribution in [0.3, 0.4) is 0 Å². The Morgan fingerprint density at radius 3 is 1.95 bits per heavy atom. The first-order valence-corrected chi connectivity index (χ1v) is 7.92. The zero-order valence-electron chi connectivity index (χ0n) is 13.2. The number of carbonyl (C=O) groups is 1. The maximum Gasteiger partial charge on any atom is 0.415 e. The molecule has 4 heteroatoms. The smallest absolute Gasteiger partial charge is 0.415 e. The number of rotatable bonds is 12. The highest BCUT2D eigenvalue weighted by Gasteiger charge is 2.14. The fourth-order valence-corrected chi connectivity index (χ4v) is 2.22. The monoisotopic (exact) mass is 282 g/mol. The van der Waals surface area contributed by atoms with Gasteiger partial charge in [0.05, 0.1) is 7.11 Å². The number of amides is 1. The van der Waals surface area contributed by atoms with Crippen molar-refractivity contribution in [1.29, 1.82) is 0 Å². The molecule has 0 radical (unpaired) electrons. The summed E-state index contributed by atoms with van der Waals surface area (Å²) < 4.78 is 4.65. The molecule has 0 N–H and O–H groups in total. The molecule has 0 heterocycles. The van der Waals surface area contributed by atoms with Crippen LogP contribution in [0.1, 0.15) is 71.1 Å². The Labute approximate surface area is 124 Å². The third kappa shape index (κ3) is 10.7. The van der Waals surface area contributed by atoms with Gasteiger partial charge in [-0.05, 0) is 6.42 Å². The summed E-state index contributed by atoms with van der Waals surface area (Å²) in [6.07, 6.45) is 12.3. The van der Waals surface area contributed by atoms with Crippen LogP contribution in [0.25, 0.3) is 4.85 Å². The number of hydrogen-bond acceptors (Lipinski definition) is 2. The van der Waals surface area contributed by atoms with E-state index in [-0.39, 0.29) is 6.67 Å². The Morgan fingerprint density at radius 2 is 1.50 bits per heavy atom. The molecule has 0 rings (SSSR count). The molecule has 0 aromatic carbocycles. The Hall–Kier alpha value is -1.24. The van der Waals surface area contributed by atoms with Crippen LogP contribution in [0, 0.1) is 6.57 Å². The maximum absolute atomic E-state index is 11.4. The highest BCUT2D eigenvalue weighted by molar-refractivity contribution is 5.67. The number of nitrogens with zero attached hydrogens (tertiary/aromatic N) is 2. The topological polar surface area (TPSA) is 33.9 Å². The molecule has 0 saturated heterocycles. The molecule has 1 amide bonds. The third-order valence-electron chi connectivity index (χ3n) is 3.46. The van der Waals surface area contributed by atoms with Gasteiger partial charge < -0.3 is 4.74 Å². The van der Waals surface area contributed by atoms with Gasteiger partial charge in [-0.1, -0.05) is 64.7 Å². The quantitative estimate of drug-likeness (QED) is 0.378. The fraction of sp³-hybridized carbons (Fsp3) is 0.875. The Balaban J connectivity index is 3.41. The minimum absolute atomic E-state index is 0.101. The zero-order chi connectivity index (χ0) is 15.1. The fourth-order valence-electron chi connectivity index (χ4n) is 2.22. The molecule has 20 heavy (non-hydrogen) atoms. The summed E-state index contributed by atoms with van der Waals surface area (Å²) >= 11 is 0. The molecule has 0 aromatic rings. The van der Waals surface area contributed by atoms with Gasteiger partial charge in [0, 0.05) is 6.54 Å². The van der Waals surface area contributed by atoms with Gasteiger partial charge in [0.1, 0.15) is 0 Å². The molecule has 0 aliphatic carbocycles. The lowest BCUT2D eigenvalue weighted by atomic mass is 10.1. The molecule has 0 aliphatic heterocycles. The highest BCUT2D eigenvalue weighted by Crippen LogP contribution is 2.11. The van der Waals surface area contributed by atoms with Crippen LogP contribution in [-0.2, 0) is 4.74 Å². The van der Waals surface area contributed by atoms with E-state index < -0.39 is 6.09 Å². The van der Waals surface area contributed by atoms with Gasteiger partial charge in [-0.15, -0.1) is 0 Å². The molecular formula is C16H30N2O2. The Bertz CT molecular complexity index is 274. The highest BCUT2D eigenvalue weighted by atomic mass is 16.5. The van der Waals surface area contributed by atoms with Crippen molar-refractivity contribution in [3.05, 3.63) is 11.4 Å². The lowest BCUT2D eigenvalue weighted by molar-refractivity contribution is 0.127. The molecule has 0 spiro atoms. The van der Waals surface area contributed by atoms with Gasteiger partial charge in [-0.2, -0.15) is 0 Å². The number of ether oxygens (including phenoxy) is 1. The molecule has 116 valence electrons. The van der Waals surface area contributed by atoms with Crippen LogP contribution in [0.5, 0.6) is 0 Å². The van der Waals surface area contributed by atoms with Gasteiger partial charge in [0.15, 0.2) is 0 Å². The Morgan fingerprint density at radius 1 is 1.00 bits per heavy atom. The first-order valence-electron chi connectivity index (χ1n) is 7.92. The SMILES string of the molecule is [C-]#[N+]CN(CCCCCCCCCCCC)C(=O)OC. The molecule has 0 saturated carbocycles. The van der Waals surface area contributed by atoms with Crippen molar-refractivity contribution in [2.24, 2.45) is 0 Å². The minimum atomic E-state index is -0.392. The second-order valence-electron chi connectivity index (χ2n) is 5.21. The van der Waals surface area contributed by atoms with E-state index in [1.807, 2.05) is 0 Å². The largest absolute Gasteiger partial charge is 0.453 e. The Kier molecular flexibility index (Phi) is 13.3. The molecule has 0 atom stereocenters. The summed E-state index contributed by atoms with van der Waals surface area (Å²) in [5.41, 5.74) is 0. The van der Waals surface area contributed by atoms with E-state index in [9.17, 15) is 4.79 Å². The van der Waals surface area contributed by atoms with Crippen LogP contribution in [0.15, 0.2) is 0 Å². The van der Waals surface area contributed by atoms with E-state index in [0.717, 1.165) is 12.8 Å². The molecule has 0 bridgehead atoms. The van der Waals surface area contributed by atoms with Gasteiger partial charge in [-0.3, -0.25) is 4.85 Å². The second kappa shape index (κ2) is 14.2. The van der Waals surface area contributed by atoms with Gasteiger partial charge in [0.2, 0.25) is 0 Å². The van der Waals surface area contributed by atoms with E-state index in [4.69, 9.17) is 6.57 Å². The van der Waals surface area contributed by atoms with Crippen LogP contribution < -0.4 is 0 Å². The summed E-state index contributed by atoms with van der Waals surface area (Å²) in [5.74, 6) is 0. The number of methoxy groups -OCH3 is 1. The van der Waals surface area contributed by atoms with E-state index >= 15 is 0 Å². The van der Waals surface area contributed by atoms with Gasteiger partial charge >= 0.3 is 6.09 Å². The molecule has 0 fully saturated rings. The van der Waals surface area contributed by atoms with Crippen molar-refractivity contribution in [2.75, 3.05) is 20.3 Å². The average Bonchev–Trinajstić information content (AvgIpc) is 2.47. The van der Waals surface area contributed by atoms with E-state index in [0.29, 0.717) is 6.54 Å². The standard InChI is InChI=1S/C16H30N2O2/c1-4-5-6-7-8-9-10-11-12-13-14-18(15-17-2)16(19)20-3/h4-15H2,1,3H3. The lowest BCUT2D eigenvalue weighted by Crippen LogP contribution is -2.31. The second-order valence-corrected chi connectivity index (χ2v) is 5.21. The van der Waals surface area contributed by atoms with Crippen molar-refractivity contribution in [2.45, 2.75) is 71.1 Å². The van der Waals surface area contributed by atoms with Gasteiger partial charge in [0.25, 0.3) is 6.67 Å². The van der Waals surface area contributed by atoms with Gasteiger partial charge in [-0.25, -0.2) is 16.3 Å². The maximum atomic E-state index is 11.4. The summed E-state index contributed by atoms with van der Waals surface area (Å²) in [4.78, 5) is 16.1. The van der Waals surface area contributed by atoms with Crippen molar-refractivity contribution in [3.63, 3.8) is 0 Å². The van der Waals surface area contributed by atoms with E-state index in [1.165, 1.54) is 63.4 Å². The van der Waals surface area contributed by atoms with Crippen molar-refractivity contribution in [1.82, 2.24) is 4.90 Å². The minimum Gasteiger partial charge on any atom is -0.453 e. The summed E-state index contributed by atoms with van der Waals surface area (Å²) in [6, 6.07) is 0. The van der Waals surface area contributed by atoms with Crippen LogP contribution in [-0.4, -0.2) is 31.3 Å². The predicted octanol–water partition coefficient (Wildman–Crippen LogP) is 4.85. The molecule has 0 aromatic heterocycles. The summed E-state index contributed by atoms with van der Waals surface area (Å²) in [5, 5.41) is 0. The molecular weight excluding hydrogens is 252 g/mol. The normalized spacial score (nSPS) is 10.1. The summed E-state index contributed by atoms with van der Waals surface area (Å²) in [7, 11) is 1.36. The first-order chi connectivity index (χ1) is 9.76. The average molecular weight is 282 g/mol. The van der Waals surface area contributed by atoms with Crippen molar-refractivity contribution in [3.8, 4) is 0 Å². The van der Waals surface area contributed by atoms with Crippen LogP contribution >= 0.6 is 0 Å².